The highest BCUT2D eigenvalue weighted by molar-refractivity contribution is 5.77. The van der Waals surface area contributed by atoms with Crippen LogP contribution in [0, 0.1) is 5.92 Å². The summed E-state index contributed by atoms with van der Waals surface area (Å²) in [6.45, 7) is 3.76. The molecule has 2 aromatic heterocycles. The number of ether oxygens (including phenoxy) is 1. The topological polar surface area (TPSA) is 74.3 Å². The van der Waals surface area contributed by atoms with Gasteiger partial charge in [-0.15, -0.1) is 0 Å². The van der Waals surface area contributed by atoms with Gasteiger partial charge in [0, 0.05) is 32.4 Å². The first-order chi connectivity index (χ1) is 16.5. The summed E-state index contributed by atoms with van der Waals surface area (Å²) < 4.78 is 9.98. The number of hydrogen-bond donors (Lipinski definition) is 0. The van der Waals surface area contributed by atoms with Crippen molar-refractivity contribution in [3.05, 3.63) is 87.1 Å². The van der Waals surface area contributed by atoms with Crippen LogP contribution in [-0.4, -0.2) is 32.3 Å². The quantitative estimate of drug-likeness (QED) is 0.459. The van der Waals surface area contributed by atoms with Crippen molar-refractivity contribution in [3.63, 3.8) is 0 Å². The van der Waals surface area contributed by atoms with Gasteiger partial charge in [-0.05, 0) is 35.7 Å². The molecule has 174 valence electrons. The zero-order chi connectivity index (χ0) is 23.8. The molecule has 0 N–H and O–H groups in total. The molecule has 0 saturated carbocycles. The highest BCUT2D eigenvalue weighted by atomic mass is 16.5. The summed E-state index contributed by atoms with van der Waals surface area (Å²) >= 11 is 0. The van der Waals surface area contributed by atoms with Gasteiger partial charge in [0.05, 0.1) is 7.11 Å². The lowest BCUT2D eigenvalue weighted by Crippen LogP contribution is -2.40. The van der Waals surface area contributed by atoms with E-state index in [4.69, 9.17) is 9.72 Å². The third kappa shape index (κ3) is 3.71. The maximum atomic E-state index is 13.5. The van der Waals surface area contributed by atoms with Crippen molar-refractivity contribution in [1.29, 1.82) is 0 Å². The molecule has 1 atom stereocenters. The van der Waals surface area contributed by atoms with Crippen molar-refractivity contribution in [2.45, 2.75) is 20.0 Å². The number of aryl methyl sites for hydroxylation is 1. The number of rotatable bonds is 5. The van der Waals surface area contributed by atoms with Gasteiger partial charge >= 0.3 is 5.69 Å². The molecule has 0 bridgehead atoms. The zero-order valence-electron chi connectivity index (χ0n) is 19.5. The number of allylic oxidation sites excluding steroid dienone is 1. The molecular formula is C26H27N5O3. The summed E-state index contributed by atoms with van der Waals surface area (Å²) in [6.07, 6.45) is 3.75. The largest absolute Gasteiger partial charge is 0.497 e. The van der Waals surface area contributed by atoms with Crippen molar-refractivity contribution >= 4 is 28.9 Å². The highest BCUT2D eigenvalue weighted by Gasteiger charge is 2.29. The van der Waals surface area contributed by atoms with Gasteiger partial charge in [-0.25, -0.2) is 4.79 Å². The molecular weight excluding hydrogens is 430 g/mol. The first-order valence-corrected chi connectivity index (χ1v) is 11.3. The molecule has 1 aliphatic rings. The van der Waals surface area contributed by atoms with E-state index in [1.54, 1.807) is 14.2 Å². The molecule has 0 saturated heterocycles. The molecule has 0 radical (unpaired) electrons. The number of methoxy groups -OCH3 is 1. The second-order valence-electron chi connectivity index (χ2n) is 8.68. The Morgan fingerprint density at radius 2 is 1.79 bits per heavy atom. The highest BCUT2D eigenvalue weighted by Crippen LogP contribution is 2.33. The number of fused-ring (bicyclic) bond motifs is 3. The standard InChI is InChI=1S/C26H27N5O3/c1-18-16-30(20-11-13-21(34-3)14-12-20)25-27-23-22(31(25)17-18)24(32)29(26(33)28(23)2)15-7-10-19-8-5-4-6-9-19/h4-14,18H,15-17H2,1-3H3/b10-7+/t18-/m1/s1. The lowest BCUT2D eigenvalue weighted by atomic mass is 10.1. The lowest BCUT2D eigenvalue weighted by Gasteiger charge is -2.33. The third-order valence-electron chi connectivity index (χ3n) is 6.22. The average molecular weight is 458 g/mol. The summed E-state index contributed by atoms with van der Waals surface area (Å²) in [4.78, 5) is 33.5. The first-order valence-electron chi connectivity index (χ1n) is 11.3. The molecule has 34 heavy (non-hydrogen) atoms. The van der Waals surface area contributed by atoms with E-state index >= 15 is 0 Å². The van der Waals surface area contributed by atoms with E-state index in [0.717, 1.165) is 23.5 Å². The van der Waals surface area contributed by atoms with Crippen molar-refractivity contribution in [2.24, 2.45) is 13.0 Å². The number of benzene rings is 2. The normalized spacial score (nSPS) is 15.7. The van der Waals surface area contributed by atoms with Crippen molar-refractivity contribution < 1.29 is 4.74 Å². The van der Waals surface area contributed by atoms with Crippen LogP contribution in [0.25, 0.3) is 17.2 Å². The predicted molar refractivity (Wildman–Crippen MR) is 134 cm³/mol. The molecule has 8 nitrogen and oxygen atoms in total. The van der Waals surface area contributed by atoms with Crippen LogP contribution in [0.3, 0.4) is 0 Å². The average Bonchev–Trinajstić information content (AvgIpc) is 3.24. The Hall–Kier alpha value is -4.07. The van der Waals surface area contributed by atoms with Gasteiger partial charge in [-0.3, -0.25) is 13.9 Å². The summed E-state index contributed by atoms with van der Waals surface area (Å²) in [7, 11) is 3.31. The molecule has 0 amide bonds. The van der Waals surface area contributed by atoms with Crippen LogP contribution in [0.5, 0.6) is 5.75 Å². The summed E-state index contributed by atoms with van der Waals surface area (Å²) in [5.41, 5.74) is 2.13. The fourth-order valence-corrected chi connectivity index (χ4v) is 4.50. The molecule has 0 aliphatic carbocycles. The second kappa shape index (κ2) is 8.70. The fraction of sp³-hybridized carbons (Fsp3) is 0.269. The van der Waals surface area contributed by atoms with Gasteiger partial charge in [0.2, 0.25) is 5.95 Å². The summed E-state index contributed by atoms with van der Waals surface area (Å²) in [6, 6.07) is 17.6. The Bertz CT molecular complexity index is 1480. The number of aromatic nitrogens is 4. The number of hydrogen-bond acceptors (Lipinski definition) is 5. The van der Waals surface area contributed by atoms with Crippen molar-refractivity contribution in [3.8, 4) is 5.75 Å². The van der Waals surface area contributed by atoms with Gasteiger partial charge in [0.25, 0.3) is 5.56 Å². The molecule has 0 unspecified atom stereocenters. The number of anilines is 2. The Morgan fingerprint density at radius 1 is 1.06 bits per heavy atom. The maximum Gasteiger partial charge on any atom is 0.332 e. The number of imidazole rings is 1. The van der Waals surface area contributed by atoms with E-state index in [1.807, 2.05) is 71.3 Å². The molecule has 8 heteroatoms. The van der Waals surface area contributed by atoms with E-state index in [1.165, 1.54) is 9.13 Å². The SMILES string of the molecule is COc1ccc(N2C[C@@H](C)Cn3c2nc2c3c(=O)n(C/C=C/c3ccccc3)c(=O)n2C)cc1. The van der Waals surface area contributed by atoms with Gasteiger partial charge in [-0.2, -0.15) is 4.98 Å². The van der Waals surface area contributed by atoms with Crippen LogP contribution in [0.2, 0.25) is 0 Å². The van der Waals surface area contributed by atoms with Crippen LogP contribution in [0.1, 0.15) is 12.5 Å². The molecule has 1 aliphatic heterocycles. The monoisotopic (exact) mass is 457 g/mol. The van der Waals surface area contributed by atoms with Gasteiger partial charge in [0.15, 0.2) is 11.2 Å². The number of nitrogens with zero attached hydrogens (tertiary/aromatic N) is 5. The van der Waals surface area contributed by atoms with E-state index in [2.05, 4.69) is 11.8 Å². The van der Waals surface area contributed by atoms with Crippen LogP contribution >= 0.6 is 0 Å². The van der Waals surface area contributed by atoms with Crippen LogP contribution < -0.4 is 20.9 Å². The molecule has 5 rings (SSSR count). The predicted octanol–water partition coefficient (Wildman–Crippen LogP) is 3.41. The minimum Gasteiger partial charge on any atom is -0.497 e. The maximum absolute atomic E-state index is 13.5. The molecule has 4 aromatic rings. The van der Waals surface area contributed by atoms with Crippen LogP contribution in [0.15, 0.2) is 70.3 Å². The second-order valence-corrected chi connectivity index (χ2v) is 8.68. The van der Waals surface area contributed by atoms with Crippen molar-refractivity contribution in [1.82, 2.24) is 18.7 Å². The summed E-state index contributed by atoms with van der Waals surface area (Å²) in [5, 5.41) is 0. The Morgan fingerprint density at radius 3 is 2.50 bits per heavy atom. The van der Waals surface area contributed by atoms with E-state index in [0.29, 0.717) is 23.7 Å². The Labute approximate surface area is 197 Å². The van der Waals surface area contributed by atoms with E-state index in [9.17, 15) is 9.59 Å². The minimum atomic E-state index is -0.380. The fourth-order valence-electron chi connectivity index (χ4n) is 4.50. The molecule has 0 spiro atoms. The molecule has 3 heterocycles. The van der Waals surface area contributed by atoms with E-state index in [-0.39, 0.29) is 23.7 Å². The van der Waals surface area contributed by atoms with Crippen LogP contribution in [-0.2, 0) is 20.1 Å². The van der Waals surface area contributed by atoms with E-state index < -0.39 is 0 Å². The van der Waals surface area contributed by atoms with Gasteiger partial charge < -0.3 is 14.2 Å². The Balaban J connectivity index is 1.61. The molecule has 2 aromatic carbocycles. The van der Waals surface area contributed by atoms with Crippen molar-refractivity contribution in [2.75, 3.05) is 18.6 Å². The summed E-state index contributed by atoms with van der Waals surface area (Å²) in [5.74, 6) is 1.73. The lowest BCUT2D eigenvalue weighted by molar-refractivity contribution is 0.414. The first kappa shape index (κ1) is 21.8. The molecule has 0 fully saturated rings. The van der Waals surface area contributed by atoms with Gasteiger partial charge in [-0.1, -0.05) is 49.4 Å². The Kier molecular flexibility index (Phi) is 5.57. The third-order valence-corrected chi connectivity index (χ3v) is 6.22. The smallest absolute Gasteiger partial charge is 0.332 e. The zero-order valence-corrected chi connectivity index (χ0v) is 19.5. The minimum absolute atomic E-state index is 0.189. The van der Waals surface area contributed by atoms with Crippen LogP contribution in [0.4, 0.5) is 11.6 Å². The van der Waals surface area contributed by atoms with Gasteiger partial charge in [0.1, 0.15) is 5.75 Å².